The third-order valence-electron chi connectivity index (χ3n) is 3.95. The van der Waals surface area contributed by atoms with Crippen molar-refractivity contribution in [2.75, 3.05) is 20.2 Å². The summed E-state index contributed by atoms with van der Waals surface area (Å²) in [7, 11) is 1.38. The molecule has 1 N–H and O–H groups in total. The highest BCUT2D eigenvalue weighted by atomic mass is 19.1. The monoisotopic (exact) mass is 265 g/mol. The Kier molecular flexibility index (Phi) is 2.74. The summed E-state index contributed by atoms with van der Waals surface area (Å²) in [6.45, 7) is 0.703. The van der Waals surface area contributed by atoms with Gasteiger partial charge in [-0.2, -0.15) is 0 Å². The Bertz CT molecular complexity index is 521. The van der Waals surface area contributed by atoms with E-state index in [4.69, 9.17) is 4.74 Å². The van der Waals surface area contributed by atoms with E-state index in [0.29, 0.717) is 19.0 Å². The molecule has 0 aromatic heterocycles. The molecule has 19 heavy (non-hydrogen) atoms. The van der Waals surface area contributed by atoms with Gasteiger partial charge in [-0.3, -0.25) is 4.79 Å². The SMILES string of the molecule is COc1ccc(C(=O)N2CC(O)(C3CC3)C2)cc1F. The Morgan fingerprint density at radius 2 is 2.16 bits per heavy atom. The Morgan fingerprint density at radius 3 is 2.68 bits per heavy atom. The number of methoxy groups -OCH3 is 1. The third-order valence-corrected chi connectivity index (χ3v) is 3.95. The Hall–Kier alpha value is -1.62. The highest BCUT2D eigenvalue weighted by Crippen LogP contribution is 2.44. The van der Waals surface area contributed by atoms with E-state index >= 15 is 0 Å². The van der Waals surface area contributed by atoms with Crippen LogP contribution in [0.5, 0.6) is 5.75 Å². The highest BCUT2D eigenvalue weighted by Gasteiger charge is 2.53. The number of amides is 1. The van der Waals surface area contributed by atoms with Crippen LogP contribution in [0.15, 0.2) is 18.2 Å². The first-order chi connectivity index (χ1) is 9.03. The van der Waals surface area contributed by atoms with Crippen molar-refractivity contribution in [3.05, 3.63) is 29.6 Å². The molecule has 1 amide bonds. The largest absolute Gasteiger partial charge is 0.494 e. The van der Waals surface area contributed by atoms with Crippen LogP contribution >= 0.6 is 0 Å². The third kappa shape index (κ3) is 2.08. The quantitative estimate of drug-likeness (QED) is 0.899. The zero-order chi connectivity index (χ0) is 13.6. The summed E-state index contributed by atoms with van der Waals surface area (Å²) >= 11 is 0. The summed E-state index contributed by atoms with van der Waals surface area (Å²) in [6, 6.07) is 4.16. The lowest BCUT2D eigenvalue weighted by Gasteiger charge is -2.47. The first kappa shape index (κ1) is 12.4. The van der Waals surface area contributed by atoms with Gasteiger partial charge < -0.3 is 14.7 Å². The van der Waals surface area contributed by atoms with Gasteiger partial charge in [0.1, 0.15) is 5.60 Å². The number of carbonyl (C=O) groups is 1. The van der Waals surface area contributed by atoms with Crippen molar-refractivity contribution in [1.82, 2.24) is 4.90 Å². The van der Waals surface area contributed by atoms with Crippen LogP contribution in [0.4, 0.5) is 4.39 Å². The number of rotatable bonds is 3. The fraction of sp³-hybridized carbons (Fsp3) is 0.500. The Morgan fingerprint density at radius 1 is 1.47 bits per heavy atom. The van der Waals surface area contributed by atoms with E-state index in [1.165, 1.54) is 19.2 Å². The molecule has 3 rings (SSSR count). The Balaban J connectivity index is 1.70. The molecular weight excluding hydrogens is 249 g/mol. The second-order valence-corrected chi connectivity index (χ2v) is 5.39. The Labute approximate surface area is 110 Å². The van der Waals surface area contributed by atoms with E-state index in [1.807, 2.05) is 0 Å². The standard InChI is InChI=1S/C14H16FNO3/c1-19-12-5-2-9(6-11(12)15)13(17)16-7-14(18,8-16)10-3-4-10/h2,5-6,10,18H,3-4,7-8H2,1H3. The van der Waals surface area contributed by atoms with Crippen LogP contribution in [-0.2, 0) is 0 Å². The van der Waals surface area contributed by atoms with Crippen molar-refractivity contribution < 1.29 is 19.0 Å². The molecule has 1 heterocycles. The molecule has 0 radical (unpaired) electrons. The summed E-state index contributed by atoms with van der Waals surface area (Å²) in [5.74, 6) is -0.336. The maximum absolute atomic E-state index is 13.5. The second-order valence-electron chi connectivity index (χ2n) is 5.39. The molecule has 1 aromatic rings. The van der Waals surface area contributed by atoms with E-state index in [2.05, 4.69) is 0 Å². The van der Waals surface area contributed by atoms with Crippen molar-refractivity contribution in [3.63, 3.8) is 0 Å². The van der Waals surface area contributed by atoms with Gasteiger partial charge in [-0.15, -0.1) is 0 Å². The average Bonchev–Trinajstić information content (AvgIpc) is 3.18. The number of β-amino-alcohol motifs (C(OH)–C–C–N with tert-alkyl or cyclic N) is 1. The number of aliphatic hydroxyl groups is 1. The zero-order valence-electron chi connectivity index (χ0n) is 10.7. The van der Waals surface area contributed by atoms with Gasteiger partial charge in [-0.05, 0) is 37.0 Å². The van der Waals surface area contributed by atoms with E-state index < -0.39 is 11.4 Å². The van der Waals surface area contributed by atoms with Gasteiger partial charge in [0.2, 0.25) is 0 Å². The lowest BCUT2D eigenvalue weighted by Crippen LogP contribution is -2.64. The minimum Gasteiger partial charge on any atom is -0.494 e. The minimum atomic E-state index is -0.708. The average molecular weight is 265 g/mol. The maximum Gasteiger partial charge on any atom is 0.254 e. The molecule has 0 spiro atoms. The van der Waals surface area contributed by atoms with Crippen molar-refractivity contribution in [2.45, 2.75) is 18.4 Å². The van der Waals surface area contributed by atoms with Gasteiger partial charge in [0.25, 0.3) is 5.91 Å². The van der Waals surface area contributed by atoms with E-state index in [9.17, 15) is 14.3 Å². The molecule has 102 valence electrons. The molecule has 1 aliphatic carbocycles. The summed E-state index contributed by atoms with van der Waals surface area (Å²) in [5.41, 5.74) is -0.420. The van der Waals surface area contributed by atoms with Crippen molar-refractivity contribution in [1.29, 1.82) is 0 Å². The summed E-state index contributed by atoms with van der Waals surface area (Å²) in [4.78, 5) is 13.7. The summed E-state index contributed by atoms with van der Waals surface area (Å²) < 4.78 is 18.4. The van der Waals surface area contributed by atoms with Crippen molar-refractivity contribution in [2.24, 2.45) is 5.92 Å². The number of hydrogen-bond acceptors (Lipinski definition) is 3. The molecule has 1 saturated carbocycles. The zero-order valence-corrected chi connectivity index (χ0v) is 10.7. The smallest absolute Gasteiger partial charge is 0.254 e. The summed E-state index contributed by atoms with van der Waals surface area (Å²) in [5, 5.41) is 10.2. The first-order valence-electron chi connectivity index (χ1n) is 6.39. The van der Waals surface area contributed by atoms with Gasteiger partial charge in [0.15, 0.2) is 11.6 Å². The molecule has 0 atom stereocenters. The fourth-order valence-corrected chi connectivity index (χ4v) is 2.62. The molecule has 5 heteroatoms. The molecule has 2 fully saturated rings. The van der Waals surface area contributed by atoms with Gasteiger partial charge in [-0.1, -0.05) is 0 Å². The van der Waals surface area contributed by atoms with Crippen LogP contribution in [0, 0.1) is 11.7 Å². The van der Waals surface area contributed by atoms with Gasteiger partial charge in [-0.25, -0.2) is 4.39 Å². The predicted molar refractivity (Wildman–Crippen MR) is 66.5 cm³/mol. The molecular formula is C14H16FNO3. The first-order valence-corrected chi connectivity index (χ1v) is 6.39. The molecule has 1 aromatic carbocycles. The molecule has 1 aliphatic heterocycles. The van der Waals surface area contributed by atoms with E-state index in [-0.39, 0.29) is 17.2 Å². The highest BCUT2D eigenvalue weighted by molar-refractivity contribution is 5.95. The molecule has 0 unspecified atom stereocenters. The van der Waals surface area contributed by atoms with Crippen LogP contribution in [0.2, 0.25) is 0 Å². The lowest BCUT2D eigenvalue weighted by molar-refractivity contribution is -0.0958. The van der Waals surface area contributed by atoms with Crippen LogP contribution in [-0.4, -0.2) is 41.7 Å². The number of nitrogens with zero attached hydrogens (tertiary/aromatic N) is 1. The minimum absolute atomic E-state index is 0.120. The van der Waals surface area contributed by atoms with Crippen LogP contribution in [0.3, 0.4) is 0 Å². The molecule has 2 aliphatic rings. The van der Waals surface area contributed by atoms with Crippen LogP contribution in [0.25, 0.3) is 0 Å². The van der Waals surface area contributed by atoms with Gasteiger partial charge in [0.05, 0.1) is 20.2 Å². The van der Waals surface area contributed by atoms with E-state index in [0.717, 1.165) is 12.8 Å². The normalized spacial score (nSPS) is 20.9. The predicted octanol–water partition coefficient (Wildman–Crippen LogP) is 1.43. The second kappa shape index (κ2) is 4.20. The molecule has 4 nitrogen and oxygen atoms in total. The topological polar surface area (TPSA) is 49.8 Å². The molecule has 0 bridgehead atoms. The van der Waals surface area contributed by atoms with Crippen LogP contribution < -0.4 is 4.74 Å². The number of benzene rings is 1. The number of likely N-dealkylation sites (tertiary alicyclic amines) is 1. The van der Waals surface area contributed by atoms with Gasteiger partial charge in [0, 0.05) is 5.56 Å². The number of carbonyl (C=O) groups excluding carboxylic acids is 1. The number of halogens is 1. The molecule has 1 saturated heterocycles. The van der Waals surface area contributed by atoms with Crippen molar-refractivity contribution in [3.8, 4) is 5.75 Å². The number of ether oxygens (including phenoxy) is 1. The maximum atomic E-state index is 13.5. The summed E-state index contributed by atoms with van der Waals surface area (Å²) in [6.07, 6.45) is 2.07. The fourth-order valence-electron chi connectivity index (χ4n) is 2.62. The van der Waals surface area contributed by atoms with Gasteiger partial charge >= 0.3 is 0 Å². The number of hydrogen-bond donors (Lipinski definition) is 1. The lowest BCUT2D eigenvalue weighted by atomic mass is 9.88. The van der Waals surface area contributed by atoms with Crippen LogP contribution in [0.1, 0.15) is 23.2 Å². The van der Waals surface area contributed by atoms with E-state index in [1.54, 1.807) is 11.0 Å². The van der Waals surface area contributed by atoms with Crippen molar-refractivity contribution >= 4 is 5.91 Å².